The number of aryl methyl sites for hydroxylation is 2. The van der Waals surface area contributed by atoms with Gasteiger partial charge >= 0.3 is 0 Å². The molecule has 3 rings (SSSR count). The zero-order valence-corrected chi connectivity index (χ0v) is 15.7. The Kier molecular flexibility index (Phi) is 5.32. The zero-order valence-electron chi connectivity index (χ0n) is 14.9. The molecule has 134 valence electrons. The highest BCUT2D eigenvalue weighted by atomic mass is 32.2. The van der Waals surface area contributed by atoms with Crippen molar-refractivity contribution in [3.63, 3.8) is 0 Å². The highest BCUT2D eigenvalue weighted by Gasteiger charge is 2.11. The molecule has 0 saturated carbocycles. The smallest absolute Gasteiger partial charge is 0.251 e. The molecule has 0 aliphatic heterocycles. The Bertz CT molecular complexity index is 977. The first-order chi connectivity index (χ1) is 12.5. The number of nitrogens with two attached hydrogens (primary N) is 1. The van der Waals surface area contributed by atoms with Gasteiger partial charge in [-0.3, -0.25) is 10.2 Å². The average molecular weight is 366 g/mol. The Balaban J connectivity index is 1.70. The fourth-order valence-electron chi connectivity index (χ4n) is 2.87. The summed E-state index contributed by atoms with van der Waals surface area (Å²) in [5.74, 6) is -0.0668. The summed E-state index contributed by atoms with van der Waals surface area (Å²) < 4.78 is 2.08. The molecule has 0 spiro atoms. The minimum absolute atomic E-state index is 0.0657. The summed E-state index contributed by atoms with van der Waals surface area (Å²) in [4.78, 5) is 13.3. The summed E-state index contributed by atoms with van der Waals surface area (Å²) in [6, 6.07) is 13.7. The van der Waals surface area contributed by atoms with E-state index in [2.05, 4.69) is 9.88 Å². The topological polar surface area (TPSA) is 83.9 Å². The predicted octanol–water partition coefficient (Wildman–Crippen LogP) is 3.67. The third kappa shape index (κ3) is 3.91. The maximum atomic E-state index is 12.3. The number of fused-ring (bicyclic) bond motifs is 1. The van der Waals surface area contributed by atoms with Crippen LogP contribution in [0, 0.1) is 19.3 Å². The second-order valence-electron chi connectivity index (χ2n) is 6.23. The van der Waals surface area contributed by atoms with Crippen molar-refractivity contribution in [2.75, 3.05) is 6.54 Å². The number of amidine groups is 1. The van der Waals surface area contributed by atoms with E-state index in [4.69, 9.17) is 11.1 Å². The normalized spacial score (nSPS) is 10.8. The molecule has 1 heterocycles. The molecule has 26 heavy (non-hydrogen) atoms. The maximum absolute atomic E-state index is 12.3. The lowest BCUT2D eigenvalue weighted by molar-refractivity contribution is 0.0952. The zero-order chi connectivity index (χ0) is 18.7. The summed E-state index contributed by atoms with van der Waals surface area (Å²) in [7, 11) is 0. The van der Waals surface area contributed by atoms with Crippen LogP contribution in [0.15, 0.2) is 53.6 Å². The number of nitrogens with one attached hydrogen (secondary N) is 2. The number of benzene rings is 2. The van der Waals surface area contributed by atoms with Crippen molar-refractivity contribution in [2.24, 2.45) is 5.73 Å². The third-order valence-electron chi connectivity index (χ3n) is 4.38. The Morgan fingerprint density at radius 2 is 1.96 bits per heavy atom. The van der Waals surface area contributed by atoms with Gasteiger partial charge < -0.3 is 15.6 Å². The quantitative estimate of drug-likeness (QED) is 0.366. The number of carbonyl (C=O) groups excluding carboxylic acids is 1. The number of amides is 1. The van der Waals surface area contributed by atoms with Gasteiger partial charge in [0.05, 0.1) is 0 Å². The third-order valence-corrected chi connectivity index (χ3v) is 5.14. The van der Waals surface area contributed by atoms with E-state index in [9.17, 15) is 4.79 Å². The van der Waals surface area contributed by atoms with Crippen LogP contribution >= 0.6 is 11.8 Å². The van der Waals surface area contributed by atoms with Gasteiger partial charge in [-0.2, -0.15) is 0 Å². The van der Waals surface area contributed by atoms with Crippen LogP contribution in [0.25, 0.3) is 10.9 Å². The molecule has 0 saturated heterocycles. The molecule has 1 amide bonds. The van der Waals surface area contributed by atoms with E-state index in [1.165, 1.54) is 17.3 Å². The van der Waals surface area contributed by atoms with Crippen LogP contribution in [-0.4, -0.2) is 22.2 Å². The van der Waals surface area contributed by atoms with Crippen molar-refractivity contribution >= 4 is 33.7 Å². The summed E-state index contributed by atoms with van der Waals surface area (Å²) in [5.41, 5.74) is 9.56. The molecule has 0 aliphatic carbocycles. The first-order valence-corrected chi connectivity index (χ1v) is 9.22. The van der Waals surface area contributed by atoms with Crippen LogP contribution in [0.4, 0.5) is 0 Å². The summed E-state index contributed by atoms with van der Waals surface area (Å²) >= 11 is 1.24. The molecule has 2 aromatic carbocycles. The number of carbonyl (C=O) groups is 1. The second-order valence-corrected chi connectivity index (χ2v) is 7.31. The van der Waals surface area contributed by atoms with E-state index in [0.29, 0.717) is 18.7 Å². The lowest BCUT2D eigenvalue weighted by Crippen LogP contribution is -2.27. The van der Waals surface area contributed by atoms with Gasteiger partial charge in [0.15, 0.2) is 5.17 Å². The van der Waals surface area contributed by atoms with E-state index in [0.717, 1.165) is 21.4 Å². The SMILES string of the molecule is Cc1ccc(C(=O)NCCn2cc(SC(=N)N)c3ccccc32)cc1C. The van der Waals surface area contributed by atoms with Crippen molar-refractivity contribution in [1.29, 1.82) is 5.41 Å². The standard InChI is InChI=1S/C20H22N4OS/c1-13-7-8-15(11-14(13)2)19(25)23-9-10-24-12-18(26-20(21)22)16-5-3-4-6-17(16)24/h3-8,11-12H,9-10H2,1-2H3,(H3,21,22)(H,23,25). The lowest BCUT2D eigenvalue weighted by atomic mass is 10.1. The molecule has 0 radical (unpaired) electrons. The average Bonchev–Trinajstić information content (AvgIpc) is 2.94. The number of hydrogen-bond acceptors (Lipinski definition) is 3. The number of hydrogen-bond donors (Lipinski definition) is 3. The van der Waals surface area contributed by atoms with Gasteiger partial charge in [0, 0.05) is 40.6 Å². The maximum Gasteiger partial charge on any atom is 0.251 e. The lowest BCUT2D eigenvalue weighted by Gasteiger charge is -2.09. The summed E-state index contributed by atoms with van der Waals surface area (Å²) in [6.45, 7) is 5.21. The number of thioether (sulfide) groups is 1. The molecule has 0 bridgehead atoms. The Morgan fingerprint density at radius 1 is 1.19 bits per heavy atom. The highest BCUT2D eigenvalue weighted by molar-refractivity contribution is 8.13. The molecule has 1 aromatic heterocycles. The van der Waals surface area contributed by atoms with Gasteiger partial charge in [-0.15, -0.1) is 0 Å². The van der Waals surface area contributed by atoms with Gasteiger partial charge in [0.1, 0.15) is 0 Å². The molecule has 0 fully saturated rings. The molecule has 0 aliphatic rings. The monoisotopic (exact) mass is 366 g/mol. The first-order valence-electron chi connectivity index (χ1n) is 8.41. The van der Waals surface area contributed by atoms with E-state index < -0.39 is 0 Å². The van der Waals surface area contributed by atoms with Gasteiger partial charge in [0.25, 0.3) is 5.91 Å². The molecular formula is C20H22N4OS. The van der Waals surface area contributed by atoms with E-state index in [1.54, 1.807) is 0 Å². The fourth-order valence-corrected chi connectivity index (χ4v) is 3.57. The van der Waals surface area contributed by atoms with E-state index in [-0.39, 0.29) is 11.1 Å². The second kappa shape index (κ2) is 7.66. The van der Waals surface area contributed by atoms with Gasteiger partial charge in [0.2, 0.25) is 0 Å². The largest absolute Gasteiger partial charge is 0.378 e. The van der Waals surface area contributed by atoms with Crippen molar-refractivity contribution < 1.29 is 4.79 Å². The molecular weight excluding hydrogens is 344 g/mol. The predicted molar refractivity (Wildman–Crippen MR) is 108 cm³/mol. The molecule has 3 aromatic rings. The number of nitrogens with zero attached hydrogens (tertiary/aromatic N) is 1. The number of para-hydroxylation sites is 1. The van der Waals surface area contributed by atoms with Crippen molar-refractivity contribution in [1.82, 2.24) is 9.88 Å². The van der Waals surface area contributed by atoms with E-state index in [1.807, 2.05) is 62.5 Å². The Hall–Kier alpha value is -2.73. The number of rotatable bonds is 5. The Morgan fingerprint density at radius 3 is 2.69 bits per heavy atom. The van der Waals surface area contributed by atoms with Crippen LogP contribution in [0.3, 0.4) is 0 Å². The summed E-state index contributed by atoms with van der Waals surface area (Å²) in [5, 5.41) is 11.6. The molecule has 6 heteroatoms. The Labute approximate surface area is 157 Å². The summed E-state index contributed by atoms with van der Waals surface area (Å²) in [6.07, 6.45) is 1.99. The minimum Gasteiger partial charge on any atom is -0.378 e. The molecule has 4 N–H and O–H groups in total. The highest BCUT2D eigenvalue weighted by Crippen LogP contribution is 2.29. The van der Waals surface area contributed by atoms with Crippen LogP contribution < -0.4 is 11.1 Å². The molecule has 0 unspecified atom stereocenters. The minimum atomic E-state index is -0.0668. The van der Waals surface area contributed by atoms with Gasteiger partial charge in [-0.1, -0.05) is 36.0 Å². The first kappa shape index (κ1) is 18.1. The van der Waals surface area contributed by atoms with Crippen molar-refractivity contribution in [2.45, 2.75) is 25.3 Å². The van der Waals surface area contributed by atoms with Crippen LogP contribution in [0.1, 0.15) is 21.5 Å². The molecule has 0 atom stereocenters. The fraction of sp³-hybridized carbons (Fsp3) is 0.200. The number of aromatic nitrogens is 1. The van der Waals surface area contributed by atoms with Crippen LogP contribution in [0.5, 0.6) is 0 Å². The van der Waals surface area contributed by atoms with Crippen LogP contribution in [0.2, 0.25) is 0 Å². The molecule has 5 nitrogen and oxygen atoms in total. The van der Waals surface area contributed by atoms with Gasteiger partial charge in [-0.25, -0.2) is 0 Å². The van der Waals surface area contributed by atoms with Gasteiger partial charge in [-0.05, 0) is 43.2 Å². The van der Waals surface area contributed by atoms with E-state index >= 15 is 0 Å². The van der Waals surface area contributed by atoms with Crippen molar-refractivity contribution in [3.8, 4) is 0 Å². The van der Waals surface area contributed by atoms with Crippen LogP contribution in [-0.2, 0) is 6.54 Å². The van der Waals surface area contributed by atoms with Crippen molar-refractivity contribution in [3.05, 3.63) is 65.4 Å².